The zero-order valence-corrected chi connectivity index (χ0v) is 13.3. The molecule has 2 heterocycles. The highest BCUT2D eigenvalue weighted by molar-refractivity contribution is 5.96. The smallest absolute Gasteiger partial charge is 0.260 e. The first-order chi connectivity index (χ1) is 11.0. The molecule has 6 heteroatoms. The molecule has 0 aliphatic rings. The van der Waals surface area contributed by atoms with E-state index in [1.165, 1.54) is 0 Å². The van der Waals surface area contributed by atoms with Gasteiger partial charge in [0.15, 0.2) is 0 Å². The number of carbonyl (C=O) groups excluding carboxylic acids is 1. The molecule has 0 fully saturated rings. The number of furan rings is 1. The first-order valence-corrected chi connectivity index (χ1v) is 7.36. The van der Waals surface area contributed by atoms with Gasteiger partial charge in [-0.25, -0.2) is 10.4 Å². The number of nitrogens with one attached hydrogen (secondary N) is 1. The predicted molar refractivity (Wildman–Crippen MR) is 88.3 cm³/mol. The topological polar surface area (TPSA) is 72.4 Å². The zero-order valence-electron chi connectivity index (χ0n) is 13.3. The molecule has 1 aromatic carbocycles. The minimum absolute atomic E-state index is 0.167. The molecule has 0 saturated carbocycles. The van der Waals surface area contributed by atoms with E-state index in [0.29, 0.717) is 11.5 Å². The van der Waals surface area contributed by atoms with E-state index in [1.807, 2.05) is 54.8 Å². The highest BCUT2D eigenvalue weighted by Gasteiger charge is 2.10. The lowest BCUT2D eigenvalue weighted by molar-refractivity contribution is -0.121. The summed E-state index contributed by atoms with van der Waals surface area (Å²) in [5, 5.41) is 4.09. The lowest BCUT2D eigenvalue weighted by atomic mass is 10.3. The fraction of sp³-hybridized carbons (Fsp3) is 0.235. The molecular weight excluding hydrogens is 292 g/mol. The predicted octanol–water partition coefficient (Wildman–Crippen LogP) is 2.79. The molecule has 1 amide bonds. The van der Waals surface area contributed by atoms with Crippen LogP contribution in [0.5, 0.6) is 0 Å². The molecular formula is C17H18N4O2. The minimum atomic E-state index is -0.209. The van der Waals surface area contributed by atoms with Gasteiger partial charge in [0, 0.05) is 0 Å². The molecule has 118 valence electrons. The SMILES string of the molecule is C/C(=N\NC(=O)Cn1c(C)nc2ccccc21)c1ccc(C)o1. The molecule has 0 aliphatic heterocycles. The fourth-order valence-electron chi connectivity index (χ4n) is 2.40. The van der Waals surface area contributed by atoms with Crippen LogP contribution in [0.2, 0.25) is 0 Å². The first-order valence-electron chi connectivity index (χ1n) is 7.36. The third kappa shape index (κ3) is 3.15. The van der Waals surface area contributed by atoms with E-state index in [0.717, 1.165) is 22.6 Å². The molecule has 1 N–H and O–H groups in total. The van der Waals surface area contributed by atoms with Crippen molar-refractivity contribution in [3.8, 4) is 0 Å². The Labute approximate surface area is 133 Å². The Morgan fingerprint density at radius 1 is 1.26 bits per heavy atom. The second kappa shape index (κ2) is 6.08. The van der Waals surface area contributed by atoms with Crippen molar-refractivity contribution in [2.24, 2.45) is 5.10 Å². The van der Waals surface area contributed by atoms with E-state index < -0.39 is 0 Å². The van der Waals surface area contributed by atoms with E-state index in [-0.39, 0.29) is 12.5 Å². The van der Waals surface area contributed by atoms with Crippen molar-refractivity contribution in [1.82, 2.24) is 15.0 Å². The lowest BCUT2D eigenvalue weighted by Crippen LogP contribution is -2.24. The van der Waals surface area contributed by atoms with Crippen molar-refractivity contribution in [3.63, 3.8) is 0 Å². The van der Waals surface area contributed by atoms with Crippen molar-refractivity contribution < 1.29 is 9.21 Å². The number of carbonyl (C=O) groups is 1. The summed E-state index contributed by atoms with van der Waals surface area (Å²) in [5.74, 6) is 2.04. The van der Waals surface area contributed by atoms with Crippen molar-refractivity contribution >= 4 is 22.7 Å². The Hall–Kier alpha value is -2.89. The zero-order chi connectivity index (χ0) is 16.4. The Morgan fingerprint density at radius 2 is 2.04 bits per heavy atom. The van der Waals surface area contributed by atoms with Crippen LogP contribution in [-0.2, 0) is 11.3 Å². The third-order valence-electron chi connectivity index (χ3n) is 3.59. The summed E-state index contributed by atoms with van der Waals surface area (Å²) in [7, 11) is 0. The fourth-order valence-corrected chi connectivity index (χ4v) is 2.40. The number of nitrogens with zero attached hydrogens (tertiary/aromatic N) is 3. The Morgan fingerprint density at radius 3 is 2.78 bits per heavy atom. The van der Waals surface area contributed by atoms with Crippen LogP contribution < -0.4 is 5.43 Å². The molecule has 3 aromatic rings. The van der Waals surface area contributed by atoms with Crippen molar-refractivity contribution in [2.45, 2.75) is 27.3 Å². The largest absolute Gasteiger partial charge is 0.460 e. The standard InChI is InChI=1S/C17H18N4O2/c1-11-8-9-16(23-11)12(2)19-20-17(22)10-21-13(3)18-14-6-4-5-7-15(14)21/h4-9H,10H2,1-3H3,(H,20,22)/b19-12+. The van der Waals surface area contributed by atoms with Gasteiger partial charge in [0.05, 0.1) is 11.0 Å². The van der Waals surface area contributed by atoms with Crippen LogP contribution in [0, 0.1) is 13.8 Å². The molecule has 0 saturated heterocycles. The molecule has 3 rings (SSSR count). The van der Waals surface area contributed by atoms with Gasteiger partial charge in [-0.3, -0.25) is 4.79 Å². The number of rotatable bonds is 4. The molecule has 0 atom stereocenters. The third-order valence-corrected chi connectivity index (χ3v) is 3.59. The van der Waals surface area contributed by atoms with Crippen LogP contribution in [0.25, 0.3) is 11.0 Å². The number of hydrogen-bond donors (Lipinski definition) is 1. The Bertz CT molecular complexity index is 889. The number of para-hydroxylation sites is 2. The highest BCUT2D eigenvalue weighted by atomic mass is 16.3. The number of hydrazone groups is 1. The van der Waals surface area contributed by atoms with E-state index in [4.69, 9.17) is 4.42 Å². The maximum atomic E-state index is 12.1. The van der Waals surface area contributed by atoms with E-state index in [1.54, 1.807) is 6.92 Å². The van der Waals surface area contributed by atoms with Gasteiger partial charge in [-0.2, -0.15) is 5.10 Å². The lowest BCUT2D eigenvalue weighted by Gasteiger charge is -2.06. The van der Waals surface area contributed by atoms with Gasteiger partial charge < -0.3 is 8.98 Å². The summed E-state index contributed by atoms with van der Waals surface area (Å²) in [6.45, 7) is 5.70. The number of aryl methyl sites for hydroxylation is 2. The van der Waals surface area contributed by atoms with Gasteiger partial charge in [0.25, 0.3) is 5.91 Å². The molecule has 0 radical (unpaired) electrons. The summed E-state index contributed by atoms with van der Waals surface area (Å²) in [5.41, 5.74) is 5.00. The number of aromatic nitrogens is 2. The first kappa shape index (κ1) is 15.0. The minimum Gasteiger partial charge on any atom is -0.460 e. The van der Waals surface area contributed by atoms with E-state index in [9.17, 15) is 4.79 Å². The van der Waals surface area contributed by atoms with Crippen LogP contribution in [-0.4, -0.2) is 21.2 Å². The van der Waals surface area contributed by atoms with Crippen molar-refractivity contribution in [3.05, 3.63) is 53.7 Å². The second-order valence-corrected chi connectivity index (χ2v) is 5.38. The van der Waals surface area contributed by atoms with E-state index >= 15 is 0 Å². The van der Waals surface area contributed by atoms with Crippen molar-refractivity contribution in [2.75, 3.05) is 0 Å². The summed E-state index contributed by atoms with van der Waals surface area (Å²) in [4.78, 5) is 16.6. The maximum Gasteiger partial charge on any atom is 0.260 e. The van der Waals surface area contributed by atoms with Gasteiger partial charge in [0.1, 0.15) is 29.6 Å². The van der Waals surface area contributed by atoms with E-state index in [2.05, 4.69) is 15.5 Å². The van der Waals surface area contributed by atoms with Gasteiger partial charge in [0.2, 0.25) is 0 Å². The van der Waals surface area contributed by atoms with Crippen LogP contribution in [0.1, 0.15) is 24.3 Å². The summed E-state index contributed by atoms with van der Waals surface area (Å²) < 4.78 is 7.33. The number of amides is 1. The maximum absolute atomic E-state index is 12.1. The number of imidazole rings is 1. The van der Waals surface area contributed by atoms with Crippen LogP contribution >= 0.6 is 0 Å². The monoisotopic (exact) mass is 310 g/mol. The Balaban J connectivity index is 1.73. The molecule has 23 heavy (non-hydrogen) atoms. The van der Waals surface area contributed by atoms with Crippen LogP contribution in [0.15, 0.2) is 45.9 Å². The number of fused-ring (bicyclic) bond motifs is 1. The molecule has 0 unspecified atom stereocenters. The summed E-state index contributed by atoms with van der Waals surface area (Å²) in [6, 6.07) is 11.4. The van der Waals surface area contributed by atoms with Crippen LogP contribution in [0.4, 0.5) is 0 Å². The molecule has 0 bridgehead atoms. The van der Waals surface area contributed by atoms with Crippen molar-refractivity contribution in [1.29, 1.82) is 0 Å². The highest BCUT2D eigenvalue weighted by Crippen LogP contribution is 2.15. The summed E-state index contributed by atoms with van der Waals surface area (Å²) >= 11 is 0. The van der Waals surface area contributed by atoms with Gasteiger partial charge in [-0.15, -0.1) is 0 Å². The molecule has 0 spiro atoms. The van der Waals surface area contributed by atoms with Gasteiger partial charge in [-0.1, -0.05) is 12.1 Å². The number of benzene rings is 1. The molecule has 2 aromatic heterocycles. The quantitative estimate of drug-likeness (QED) is 0.595. The van der Waals surface area contributed by atoms with Gasteiger partial charge >= 0.3 is 0 Å². The Kier molecular flexibility index (Phi) is 3.97. The van der Waals surface area contributed by atoms with Gasteiger partial charge in [-0.05, 0) is 45.0 Å². The average molecular weight is 310 g/mol. The number of hydrogen-bond acceptors (Lipinski definition) is 4. The molecule has 0 aliphatic carbocycles. The second-order valence-electron chi connectivity index (χ2n) is 5.38. The van der Waals surface area contributed by atoms with Crippen LogP contribution in [0.3, 0.4) is 0 Å². The normalized spacial score (nSPS) is 11.9. The average Bonchev–Trinajstić information content (AvgIpc) is 3.09. The molecule has 6 nitrogen and oxygen atoms in total. The summed E-state index contributed by atoms with van der Waals surface area (Å²) in [6.07, 6.45) is 0.